The first-order valence-electron chi connectivity index (χ1n) is 5.39. The Hall–Kier alpha value is -1.58. The second kappa shape index (κ2) is 3.97. The number of hydrogen-bond acceptors (Lipinski definition) is 2. The van der Waals surface area contributed by atoms with Gasteiger partial charge in [-0.1, -0.05) is 29.3 Å². The van der Waals surface area contributed by atoms with Gasteiger partial charge in [-0.05, 0) is 30.7 Å². The number of rotatable bonds is 0. The van der Waals surface area contributed by atoms with E-state index in [-0.39, 0.29) is 0 Å². The first-order chi connectivity index (χ1) is 8.58. The van der Waals surface area contributed by atoms with Gasteiger partial charge < -0.3 is 0 Å². The molecule has 0 fully saturated rings. The summed E-state index contributed by atoms with van der Waals surface area (Å²) in [6.45, 7) is 1.96. The summed E-state index contributed by atoms with van der Waals surface area (Å²) in [4.78, 5) is 4.53. The molecule has 5 heteroatoms. The van der Waals surface area contributed by atoms with Crippen LogP contribution in [0.15, 0.2) is 30.5 Å². The third-order valence-corrected chi connectivity index (χ3v) is 3.42. The molecule has 0 saturated carbocycles. The van der Waals surface area contributed by atoms with Gasteiger partial charge in [0.25, 0.3) is 0 Å². The number of halogens is 2. The molecule has 90 valence electrons. The van der Waals surface area contributed by atoms with Crippen LogP contribution in [0.1, 0.15) is 5.56 Å². The number of hydrogen-bond donors (Lipinski definition) is 1. The van der Waals surface area contributed by atoms with Crippen LogP contribution in [-0.2, 0) is 0 Å². The lowest BCUT2D eigenvalue weighted by Gasteiger charge is -2.08. The molecule has 0 aliphatic heterocycles. The highest BCUT2D eigenvalue weighted by molar-refractivity contribution is 6.38. The van der Waals surface area contributed by atoms with Crippen LogP contribution in [-0.4, -0.2) is 9.38 Å². The first kappa shape index (κ1) is 11.5. The maximum atomic E-state index is 8.24. The van der Waals surface area contributed by atoms with Crippen molar-refractivity contribution in [1.82, 2.24) is 9.38 Å². The molecule has 0 atom stereocenters. The Balaban J connectivity index is 2.66. The molecule has 2 heterocycles. The van der Waals surface area contributed by atoms with Gasteiger partial charge in [-0.3, -0.25) is 9.81 Å². The summed E-state index contributed by atoms with van der Waals surface area (Å²) in [6, 6.07) is 7.21. The SMILES string of the molecule is Cc1cccn2c(=N)c3c(Cl)cc(Cl)cc3nc12. The van der Waals surface area contributed by atoms with Gasteiger partial charge in [0.15, 0.2) is 0 Å². The van der Waals surface area contributed by atoms with Crippen molar-refractivity contribution < 1.29 is 0 Å². The van der Waals surface area contributed by atoms with Crippen molar-refractivity contribution in [1.29, 1.82) is 5.41 Å². The van der Waals surface area contributed by atoms with Gasteiger partial charge in [-0.15, -0.1) is 0 Å². The van der Waals surface area contributed by atoms with Crippen LogP contribution >= 0.6 is 23.2 Å². The molecule has 0 radical (unpaired) electrons. The van der Waals surface area contributed by atoms with Crippen LogP contribution in [0, 0.1) is 12.3 Å². The van der Waals surface area contributed by atoms with E-state index in [1.54, 1.807) is 16.5 Å². The van der Waals surface area contributed by atoms with Crippen molar-refractivity contribution in [3.8, 4) is 0 Å². The van der Waals surface area contributed by atoms with E-state index in [2.05, 4.69) is 4.98 Å². The lowest BCUT2D eigenvalue weighted by molar-refractivity contribution is 0.994. The lowest BCUT2D eigenvalue weighted by atomic mass is 10.2. The van der Waals surface area contributed by atoms with E-state index in [1.165, 1.54) is 0 Å². The fourth-order valence-corrected chi connectivity index (χ4v) is 2.62. The minimum Gasteiger partial charge on any atom is -0.286 e. The normalized spacial score (nSPS) is 11.3. The third-order valence-electron chi connectivity index (χ3n) is 2.90. The zero-order valence-corrected chi connectivity index (χ0v) is 11.0. The molecule has 0 spiro atoms. The maximum absolute atomic E-state index is 8.24. The van der Waals surface area contributed by atoms with E-state index in [0.717, 1.165) is 11.2 Å². The minimum atomic E-state index is 0.320. The van der Waals surface area contributed by atoms with Crippen molar-refractivity contribution in [2.24, 2.45) is 0 Å². The predicted octanol–water partition coefficient (Wildman–Crippen LogP) is 3.58. The Bertz CT molecular complexity index is 837. The zero-order valence-electron chi connectivity index (χ0n) is 9.54. The summed E-state index contributed by atoms with van der Waals surface area (Å²) in [6.07, 6.45) is 1.81. The van der Waals surface area contributed by atoms with Crippen LogP contribution in [0.25, 0.3) is 16.6 Å². The highest BCUT2D eigenvalue weighted by Crippen LogP contribution is 2.24. The smallest absolute Gasteiger partial charge is 0.141 e. The highest BCUT2D eigenvalue weighted by Gasteiger charge is 2.09. The Morgan fingerprint density at radius 3 is 2.83 bits per heavy atom. The number of aromatic nitrogens is 2. The molecule has 0 aliphatic carbocycles. The van der Waals surface area contributed by atoms with Gasteiger partial charge in [-0.25, -0.2) is 4.98 Å². The molecule has 0 aliphatic rings. The van der Waals surface area contributed by atoms with E-state index >= 15 is 0 Å². The molecule has 0 unspecified atom stereocenters. The molecule has 3 aromatic rings. The van der Waals surface area contributed by atoms with Crippen molar-refractivity contribution in [3.05, 3.63) is 51.6 Å². The zero-order chi connectivity index (χ0) is 12.9. The van der Waals surface area contributed by atoms with Gasteiger partial charge in [0, 0.05) is 11.2 Å². The average molecular weight is 278 g/mol. The Morgan fingerprint density at radius 1 is 1.28 bits per heavy atom. The molecule has 0 amide bonds. The van der Waals surface area contributed by atoms with Crippen LogP contribution in [0.5, 0.6) is 0 Å². The highest BCUT2D eigenvalue weighted by atomic mass is 35.5. The summed E-state index contributed by atoms with van der Waals surface area (Å²) in [5.41, 5.74) is 2.71. The van der Waals surface area contributed by atoms with Crippen LogP contribution < -0.4 is 5.49 Å². The molecule has 0 saturated heterocycles. The number of pyridine rings is 1. The number of nitrogens with one attached hydrogen (secondary N) is 1. The monoisotopic (exact) mass is 277 g/mol. The van der Waals surface area contributed by atoms with Crippen LogP contribution in [0.4, 0.5) is 0 Å². The number of nitrogens with zero attached hydrogens (tertiary/aromatic N) is 2. The van der Waals surface area contributed by atoms with Crippen molar-refractivity contribution in [2.75, 3.05) is 0 Å². The van der Waals surface area contributed by atoms with Crippen LogP contribution in [0.3, 0.4) is 0 Å². The van der Waals surface area contributed by atoms with Gasteiger partial charge in [0.05, 0.1) is 15.9 Å². The van der Waals surface area contributed by atoms with Crippen molar-refractivity contribution in [3.63, 3.8) is 0 Å². The number of benzene rings is 1. The molecule has 1 N–H and O–H groups in total. The summed E-state index contributed by atoms with van der Waals surface area (Å²) in [5.74, 6) is 0. The average Bonchev–Trinajstić information content (AvgIpc) is 2.30. The van der Waals surface area contributed by atoms with Gasteiger partial charge >= 0.3 is 0 Å². The molecule has 18 heavy (non-hydrogen) atoms. The molecule has 0 bridgehead atoms. The fourth-order valence-electron chi connectivity index (χ4n) is 2.05. The lowest BCUT2D eigenvalue weighted by Crippen LogP contribution is -2.16. The second-order valence-electron chi connectivity index (χ2n) is 4.13. The van der Waals surface area contributed by atoms with E-state index in [4.69, 9.17) is 28.6 Å². The van der Waals surface area contributed by atoms with Crippen LogP contribution in [0.2, 0.25) is 10.0 Å². The fraction of sp³-hybridized carbons (Fsp3) is 0.0769. The second-order valence-corrected chi connectivity index (χ2v) is 4.97. The van der Waals surface area contributed by atoms with Gasteiger partial charge in [-0.2, -0.15) is 0 Å². The number of fused-ring (bicyclic) bond motifs is 2. The van der Waals surface area contributed by atoms with Gasteiger partial charge in [0.2, 0.25) is 0 Å². The molecule has 3 nitrogen and oxygen atoms in total. The summed E-state index contributed by atoms with van der Waals surface area (Å²) in [7, 11) is 0. The molecular weight excluding hydrogens is 269 g/mol. The van der Waals surface area contributed by atoms with E-state index in [9.17, 15) is 0 Å². The predicted molar refractivity (Wildman–Crippen MR) is 73.3 cm³/mol. The third kappa shape index (κ3) is 1.59. The summed E-state index contributed by atoms with van der Waals surface area (Å²) < 4.78 is 1.72. The Kier molecular flexibility index (Phi) is 2.54. The molecular formula is C13H9Cl2N3. The minimum absolute atomic E-state index is 0.320. The standard InChI is InChI=1S/C13H9Cl2N3/c1-7-3-2-4-18-12(16)11-9(15)5-8(14)6-10(11)17-13(7)18/h2-6,16H,1H3. The molecule has 2 aromatic heterocycles. The van der Waals surface area contributed by atoms with E-state index < -0.39 is 0 Å². The van der Waals surface area contributed by atoms with Crippen molar-refractivity contribution >= 4 is 39.8 Å². The van der Waals surface area contributed by atoms with E-state index in [1.807, 2.05) is 25.3 Å². The molecule has 3 rings (SSSR count). The number of aryl methyl sites for hydroxylation is 1. The first-order valence-corrected chi connectivity index (χ1v) is 6.15. The largest absolute Gasteiger partial charge is 0.286 e. The summed E-state index contributed by atoms with van der Waals surface area (Å²) >= 11 is 12.1. The van der Waals surface area contributed by atoms with Gasteiger partial charge in [0.1, 0.15) is 11.1 Å². The maximum Gasteiger partial charge on any atom is 0.141 e. The molecule has 1 aromatic carbocycles. The Labute approximate surface area is 113 Å². The van der Waals surface area contributed by atoms with Crippen molar-refractivity contribution in [2.45, 2.75) is 6.92 Å². The summed E-state index contributed by atoms with van der Waals surface area (Å²) in [5, 5.41) is 9.83. The quantitative estimate of drug-likeness (QED) is 0.627. The Morgan fingerprint density at radius 2 is 2.06 bits per heavy atom. The van der Waals surface area contributed by atoms with E-state index in [0.29, 0.717) is 26.4 Å². The topological polar surface area (TPSA) is 41.2 Å².